The van der Waals surface area contributed by atoms with Gasteiger partial charge >= 0.3 is 0 Å². The van der Waals surface area contributed by atoms with Crippen molar-refractivity contribution in [1.82, 2.24) is 8.97 Å². The fourth-order valence-electron chi connectivity index (χ4n) is 3.66. The van der Waals surface area contributed by atoms with Crippen LogP contribution in [0.15, 0.2) is 65.6 Å². The lowest BCUT2D eigenvalue weighted by atomic mass is 10.2. The van der Waals surface area contributed by atoms with E-state index in [0.717, 1.165) is 17.0 Å². The molecule has 0 aliphatic rings. The van der Waals surface area contributed by atoms with Crippen molar-refractivity contribution in [3.8, 4) is 5.75 Å². The largest absolute Gasteiger partial charge is 0.497 e. The van der Waals surface area contributed by atoms with Crippen LogP contribution in [0.2, 0.25) is 0 Å². The molecule has 0 radical (unpaired) electrons. The summed E-state index contributed by atoms with van der Waals surface area (Å²) in [6.45, 7) is 0.322. The van der Waals surface area contributed by atoms with E-state index in [1.54, 1.807) is 64.6 Å². The molecule has 154 valence electrons. The third-order valence-corrected chi connectivity index (χ3v) is 5.31. The first-order chi connectivity index (χ1) is 14.5. The summed E-state index contributed by atoms with van der Waals surface area (Å²) in [6.07, 6.45) is 2.51. The molecular formula is C23H22FN3O3. The number of hydrogen-bond acceptors (Lipinski definition) is 3. The summed E-state index contributed by atoms with van der Waals surface area (Å²) in [4.78, 5) is 27.1. The van der Waals surface area contributed by atoms with Gasteiger partial charge in [0.05, 0.1) is 18.1 Å². The molecule has 2 aromatic carbocycles. The molecule has 0 atom stereocenters. The lowest BCUT2D eigenvalue weighted by Gasteiger charge is -2.18. The third kappa shape index (κ3) is 3.54. The SMILES string of the molecule is COc1ccc(N(C)C(=O)CCCn2c(=O)c3cccn3c3ccc(F)cc32)cc1. The maximum Gasteiger partial charge on any atom is 0.275 e. The summed E-state index contributed by atoms with van der Waals surface area (Å²) in [5, 5.41) is 0. The Hall–Kier alpha value is -3.61. The van der Waals surface area contributed by atoms with E-state index in [1.807, 2.05) is 12.1 Å². The zero-order chi connectivity index (χ0) is 21.3. The first-order valence-corrected chi connectivity index (χ1v) is 9.69. The van der Waals surface area contributed by atoms with E-state index >= 15 is 0 Å². The van der Waals surface area contributed by atoms with Gasteiger partial charge in [-0.05, 0) is 61.0 Å². The predicted octanol–water partition coefficient (Wildman–Crippen LogP) is 3.85. The van der Waals surface area contributed by atoms with E-state index in [2.05, 4.69) is 0 Å². The average molecular weight is 407 g/mol. The van der Waals surface area contributed by atoms with Crippen molar-refractivity contribution in [3.05, 3.63) is 77.0 Å². The van der Waals surface area contributed by atoms with Gasteiger partial charge in [0.15, 0.2) is 0 Å². The van der Waals surface area contributed by atoms with Crippen molar-refractivity contribution in [3.63, 3.8) is 0 Å². The number of amides is 1. The van der Waals surface area contributed by atoms with Crippen molar-refractivity contribution in [1.29, 1.82) is 0 Å². The second-order valence-corrected chi connectivity index (χ2v) is 7.11. The Bertz CT molecular complexity index is 1270. The van der Waals surface area contributed by atoms with Gasteiger partial charge in [-0.15, -0.1) is 0 Å². The highest BCUT2D eigenvalue weighted by atomic mass is 19.1. The van der Waals surface area contributed by atoms with Gasteiger partial charge in [-0.2, -0.15) is 0 Å². The van der Waals surface area contributed by atoms with E-state index in [4.69, 9.17) is 4.74 Å². The van der Waals surface area contributed by atoms with Crippen LogP contribution in [0.1, 0.15) is 12.8 Å². The van der Waals surface area contributed by atoms with Crippen molar-refractivity contribution >= 4 is 28.1 Å². The molecule has 0 bridgehead atoms. The molecule has 1 amide bonds. The Morgan fingerprint density at radius 2 is 1.83 bits per heavy atom. The number of anilines is 1. The molecule has 4 rings (SSSR count). The van der Waals surface area contributed by atoms with Gasteiger partial charge in [0.1, 0.15) is 17.1 Å². The van der Waals surface area contributed by atoms with Gasteiger partial charge in [-0.25, -0.2) is 4.39 Å². The standard InChI is InChI=1S/C23H22FN3O3/c1-25(17-8-10-18(30-2)11-9-17)22(28)6-4-14-27-21-15-16(24)7-12-19(21)26-13-3-5-20(26)23(27)29/h3,5,7-13,15H,4,6,14H2,1-2H3. The van der Waals surface area contributed by atoms with E-state index in [1.165, 1.54) is 12.1 Å². The molecule has 0 aliphatic carbocycles. The van der Waals surface area contributed by atoms with Gasteiger partial charge in [0, 0.05) is 31.9 Å². The maximum atomic E-state index is 13.9. The Labute approximate surface area is 172 Å². The lowest BCUT2D eigenvalue weighted by molar-refractivity contribution is -0.118. The van der Waals surface area contributed by atoms with Gasteiger partial charge in [0.2, 0.25) is 5.91 Å². The quantitative estimate of drug-likeness (QED) is 0.488. The molecule has 0 saturated heterocycles. The summed E-state index contributed by atoms with van der Waals surface area (Å²) >= 11 is 0. The fourth-order valence-corrected chi connectivity index (χ4v) is 3.66. The van der Waals surface area contributed by atoms with Crippen molar-refractivity contribution in [2.45, 2.75) is 19.4 Å². The van der Waals surface area contributed by atoms with Crippen LogP contribution in [-0.4, -0.2) is 29.0 Å². The predicted molar refractivity (Wildman–Crippen MR) is 115 cm³/mol. The number of carbonyl (C=O) groups is 1. The van der Waals surface area contributed by atoms with Gasteiger partial charge < -0.3 is 18.6 Å². The highest BCUT2D eigenvalue weighted by molar-refractivity contribution is 5.92. The Morgan fingerprint density at radius 3 is 2.57 bits per heavy atom. The number of methoxy groups -OCH3 is 1. The van der Waals surface area contributed by atoms with Crippen LogP contribution in [-0.2, 0) is 11.3 Å². The van der Waals surface area contributed by atoms with Crippen LogP contribution in [0, 0.1) is 5.82 Å². The monoisotopic (exact) mass is 407 g/mol. The molecule has 6 nitrogen and oxygen atoms in total. The molecule has 2 aromatic heterocycles. The van der Waals surface area contributed by atoms with Gasteiger partial charge in [-0.1, -0.05) is 0 Å². The second-order valence-electron chi connectivity index (χ2n) is 7.11. The van der Waals surface area contributed by atoms with Crippen LogP contribution in [0.5, 0.6) is 5.75 Å². The molecule has 0 fully saturated rings. The van der Waals surface area contributed by atoms with Crippen LogP contribution in [0.4, 0.5) is 10.1 Å². The topological polar surface area (TPSA) is 56.0 Å². The number of halogens is 1. The van der Waals surface area contributed by atoms with Crippen LogP contribution < -0.4 is 15.2 Å². The molecule has 0 unspecified atom stereocenters. The average Bonchev–Trinajstić information content (AvgIpc) is 3.25. The van der Waals surface area contributed by atoms with E-state index < -0.39 is 5.82 Å². The summed E-state index contributed by atoms with van der Waals surface area (Å²) in [5.74, 6) is 0.254. The number of ether oxygens (including phenoxy) is 1. The second kappa shape index (κ2) is 8.02. The number of hydrogen-bond donors (Lipinski definition) is 0. The summed E-state index contributed by atoms with van der Waals surface area (Å²) in [7, 11) is 3.31. The summed E-state index contributed by atoms with van der Waals surface area (Å²) in [6, 6.07) is 15.2. The van der Waals surface area contributed by atoms with Crippen LogP contribution in [0.3, 0.4) is 0 Å². The van der Waals surface area contributed by atoms with Crippen LogP contribution in [0.25, 0.3) is 16.6 Å². The summed E-state index contributed by atoms with van der Waals surface area (Å²) in [5.41, 5.74) is 2.35. The van der Waals surface area contributed by atoms with E-state index in [9.17, 15) is 14.0 Å². The van der Waals surface area contributed by atoms with E-state index in [0.29, 0.717) is 24.0 Å². The number of fused-ring (bicyclic) bond motifs is 3. The van der Waals surface area contributed by atoms with E-state index in [-0.39, 0.29) is 17.9 Å². The van der Waals surface area contributed by atoms with Crippen LogP contribution >= 0.6 is 0 Å². The lowest BCUT2D eigenvalue weighted by Crippen LogP contribution is -2.27. The van der Waals surface area contributed by atoms with Crippen molar-refractivity contribution in [2.24, 2.45) is 0 Å². The molecule has 7 heteroatoms. The first kappa shape index (κ1) is 19.7. The number of nitrogens with zero attached hydrogens (tertiary/aromatic N) is 3. The number of carbonyl (C=O) groups excluding carboxylic acids is 1. The Morgan fingerprint density at radius 1 is 1.07 bits per heavy atom. The number of aryl methyl sites for hydroxylation is 1. The zero-order valence-corrected chi connectivity index (χ0v) is 16.8. The van der Waals surface area contributed by atoms with Crippen molar-refractivity contribution in [2.75, 3.05) is 19.1 Å². The Kier molecular flexibility index (Phi) is 5.27. The molecule has 0 N–H and O–H groups in total. The third-order valence-electron chi connectivity index (χ3n) is 5.31. The molecular weight excluding hydrogens is 385 g/mol. The normalized spacial score (nSPS) is 11.2. The molecule has 2 heterocycles. The zero-order valence-electron chi connectivity index (χ0n) is 16.8. The maximum absolute atomic E-state index is 13.9. The number of benzene rings is 2. The minimum Gasteiger partial charge on any atom is -0.497 e. The molecule has 0 saturated carbocycles. The molecule has 30 heavy (non-hydrogen) atoms. The molecule has 0 spiro atoms. The minimum absolute atomic E-state index is 0.0625. The fraction of sp³-hybridized carbons (Fsp3) is 0.217. The minimum atomic E-state index is -0.405. The molecule has 4 aromatic rings. The van der Waals surface area contributed by atoms with Gasteiger partial charge in [-0.3, -0.25) is 9.59 Å². The highest BCUT2D eigenvalue weighted by Crippen LogP contribution is 2.20. The van der Waals surface area contributed by atoms with Crippen molar-refractivity contribution < 1.29 is 13.9 Å². The molecule has 0 aliphatic heterocycles. The van der Waals surface area contributed by atoms with Gasteiger partial charge in [0.25, 0.3) is 5.56 Å². The number of rotatable bonds is 6. The smallest absolute Gasteiger partial charge is 0.275 e. The first-order valence-electron chi connectivity index (χ1n) is 9.69. The summed E-state index contributed by atoms with van der Waals surface area (Å²) < 4.78 is 22.3. The Balaban J connectivity index is 1.54. The number of aromatic nitrogens is 2. The highest BCUT2D eigenvalue weighted by Gasteiger charge is 2.14.